The highest BCUT2D eigenvalue weighted by molar-refractivity contribution is 5.82. The Bertz CT molecular complexity index is 790. The van der Waals surface area contributed by atoms with Crippen LogP contribution in [0, 0.1) is 12.7 Å². The molecule has 0 unspecified atom stereocenters. The third-order valence-corrected chi connectivity index (χ3v) is 3.19. The smallest absolute Gasteiger partial charge is 0.244 e. The van der Waals surface area contributed by atoms with Gasteiger partial charge in [0.15, 0.2) is 5.82 Å². The Labute approximate surface area is 119 Å². The number of halogens is 1. The molecule has 6 nitrogen and oxygen atoms in total. The molecule has 3 aromatic rings. The van der Waals surface area contributed by atoms with Crippen molar-refractivity contribution in [3.05, 3.63) is 48.4 Å². The maximum absolute atomic E-state index is 13.1. The zero-order valence-electron chi connectivity index (χ0n) is 11.5. The topological polar surface area (TPSA) is 65.6 Å². The van der Waals surface area contributed by atoms with Gasteiger partial charge in [0.25, 0.3) is 0 Å². The lowest BCUT2D eigenvalue weighted by molar-refractivity contribution is 0.0919. The Morgan fingerprint density at radius 2 is 1.76 bits per heavy atom. The minimum Gasteiger partial charge on any atom is -0.273 e. The molecule has 106 valence electrons. The molecule has 0 fully saturated rings. The van der Waals surface area contributed by atoms with Gasteiger partial charge in [-0.2, -0.15) is 0 Å². The second-order valence-corrected chi connectivity index (χ2v) is 4.59. The summed E-state index contributed by atoms with van der Waals surface area (Å²) >= 11 is 0. The molecule has 0 N–H and O–H groups in total. The first-order valence-electron chi connectivity index (χ1n) is 6.29. The lowest BCUT2D eigenvalue weighted by atomic mass is 10.1. The number of benzene rings is 1. The molecule has 7 heteroatoms. The summed E-state index contributed by atoms with van der Waals surface area (Å²) in [5.41, 5.74) is 2.19. The van der Waals surface area contributed by atoms with E-state index in [0.29, 0.717) is 11.5 Å². The predicted molar refractivity (Wildman–Crippen MR) is 73.6 cm³/mol. The molecule has 0 bridgehead atoms. The Balaban J connectivity index is 2.26. The second-order valence-electron chi connectivity index (χ2n) is 4.59. The number of aromatic nitrogens is 5. The summed E-state index contributed by atoms with van der Waals surface area (Å²) in [7, 11) is 0. The minimum absolute atomic E-state index is 0.199. The second kappa shape index (κ2) is 4.93. The maximum Gasteiger partial charge on any atom is 0.244 e. The molecule has 1 aromatic carbocycles. The minimum atomic E-state index is -0.318. The van der Waals surface area contributed by atoms with Crippen molar-refractivity contribution >= 4 is 5.91 Å². The standard InChI is InChI=1S/C14H12FN5O/c1-9-13(11-3-5-12(15)6-4-11)14(18-20(9)10(2)21)19-7-16-17-8-19/h3-8H,1-2H3. The fourth-order valence-corrected chi connectivity index (χ4v) is 2.24. The van der Waals surface area contributed by atoms with Crippen molar-refractivity contribution in [1.82, 2.24) is 24.5 Å². The Kier molecular flexibility index (Phi) is 3.09. The van der Waals surface area contributed by atoms with Crippen molar-refractivity contribution in [3.8, 4) is 16.9 Å². The van der Waals surface area contributed by atoms with E-state index in [4.69, 9.17) is 0 Å². The first kappa shape index (κ1) is 13.2. The van der Waals surface area contributed by atoms with Gasteiger partial charge in [-0.25, -0.2) is 9.07 Å². The molecule has 0 atom stereocenters. The summed E-state index contributed by atoms with van der Waals surface area (Å²) in [5.74, 6) is 0.00991. The van der Waals surface area contributed by atoms with E-state index in [2.05, 4.69) is 15.3 Å². The number of rotatable bonds is 2. The van der Waals surface area contributed by atoms with Gasteiger partial charge in [-0.15, -0.1) is 15.3 Å². The summed E-state index contributed by atoms with van der Waals surface area (Å²) in [6.07, 6.45) is 3.00. The van der Waals surface area contributed by atoms with Gasteiger partial charge in [0.2, 0.25) is 5.91 Å². The van der Waals surface area contributed by atoms with Crippen LogP contribution in [0.1, 0.15) is 17.4 Å². The Morgan fingerprint density at radius 1 is 1.14 bits per heavy atom. The van der Waals surface area contributed by atoms with Gasteiger partial charge in [0, 0.05) is 12.5 Å². The van der Waals surface area contributed by atoms with Crippen molar-refractivity contribution in [1.29, 1.82) is 0 Å². The van der Waals surface area contributed by atoms with Crippen LogP contribution >= 0.6 is 0 Å². The molecule has 2 heterocycles. The molecule has 2 aromatic heterocycles. The summed E-state index contributed by atoms with van der Waals surface area (Å²) in [4.78, 5) is 11.7. The molecule has 0 saturated carbocycles. The van der Waals surface area contributed by atoms with Gasteiger partial charge in [-0.3, -0.25) is 9.36 Å². The van der Waals surface area contributed by atoms with Crippen LogP contribution < -0.4 is 0 Å². The fraction of sp³-hybridized carbons (Fsp3) is 0.143. The van der Waals surface area contributed by atoms with E-state index >= 15 is 0 Å². The molecule has 0 saturated heterocycles. The zero-order chi connectivity index (χ0) is 15.0. The lowest BCUT2D eigenvalue weighted by Crippen LogP contribution is -2.09. The third-order valence-electron chi connectivity index (χ3n) is 3.19. The number of carbonyl (C=O) groups is 1. The van der Waals surface area contributed by atoms with E-state index in [1.165, 1.54) is 36.4 Å². The lowest BCUT2D eigenvalue weighted by Gasteiger charge is -2.04. The highest BCUT2D eigenvalue weighted by Gasteiger charge is 2.19. The predicted octanol–water partition coefficient (Wildman–Crippen LogP) is 2.24. The van der Waals surface area contributed by atoms with Gasteiger partial charge in [0.05, 0.1) is 5.69 Å². The molecular weight excluding hydrogens is 273 g/mol. The third kappa shape index (κ3) is 2.22. The average molecular weight is 285 g/mol. The van der Waals surface area contributed by atoms with Crippen molar-refractivity contribution in [2.75, 3.05) is 0 Å². The van der Waals surface area contributed by atoms with E-state index in [0.717, 1.165) is 11.1 Å². The molecule has 0 spiro atoms. The maximum atomic E-state index is 13.1. The molecule has 0 aliphatic rings. The van der Waals surface area contributed by atoms with E-state index in [-0.39, 0.29) is 11.7 Å². The summed E-state index contributed by atoms with van der Waals surface area (Å²) in [5, 5.41) is 11.8. The van der Waals surface area contributed by atoms with Crippen molar-refractivity contribution in [3.63, 3.8) is 0 Å². The van der Waals surface area contributed by atoms with E-state index in [1.807, 2.05) is 0 Å². The van der Waals surface area contributed by atoms with Gasteiger partial charge in [0.1, 0.15) is 18.5 Å². The number of hydrogen-bond acceptors (Lipinski definition) is 4. The Morgan fingerprint density at radius 3 is 2.33 bits per heavy atom. The van der Waals surface area contributed by atoms with E-state index < -0.39 is 0 Å². The SMILES string of the molecule is CC(=O)n1nc(-n2cnnc2)c(-c2ccc(F)cc2)c1C. The van der Waals surface area contributed by atoms with Crippen LogP contribution in [0.5, 0.6) is 0 Å². The van der Waals surface area contributed by atoms with Crippen molar-refractivity contribution in [2.45, 2.75) is 13.8 Å². The van der Waals surface area contributed by atoms with Gasteiger partial charge in [-0.05, 0) is 24.6 Å². The van der Waals surface area contributed by atoms with E-state index in [9.17, 15) is 9.18 Å². The van der Waals surface area contributed by atoms with Crippen LogP contribution in [0.2, 0.25) is 0 Å². The zero-order valence-corrected chi connectivity index (χ0v) is 11.5. The summed E-state index contributed by atoms with van der Waals surface area (Å²) < 4.78 is 16.0. The van der Waals surface area contributed by atoms with Crippen LogP contribution in [0.25, 0.3) is 16.9 Å². The van der Waals surface area contributed by atoms with Crippen LogP contribution in [-0.4, -0.2) is 30.5 Å². The van der Waals surface area contributed by atoms with Crippen LogP contribution in [0.4, 0.5) is 4.39 Å². The van der Waals surface area contributed by atoms with Crippen LogP contribution in [-0.2, 0) is 0 Å². The van der Waals surface area contributed by atoms with Gasteiger partial charge < -0.3 is 0 Å². The first-order chi connectivity index (χ1) is 10.1. The van der Waals surface area contributed by atoms with E-state index in [1.54, 1.807) is 23.6 Å². The van der Waals surface area contributed by atoms with Gasteiger partial charge >= 0.3 is 0 Å². The van der Waals surface area contributed by atoms with Crippen molar-refractivity contribution in [2.24, 2.45) is 0 Å². The molecule has 0 radical (unpaired) electrons. The average Bonchev–Trinajstić information content (AvgIpc) is 3.07. The number of hydrogen-bond donors (Lipinski definition) is 0. The molecule has 0 aliphatic carbocycles. The molecule has 21 heavy (non-hydrogen) atoms. The normalized spacial score (nSPS) is 10.8. The highest BCUT2D eigenvalue weighted by Crippen LogP contribution is 2.29. The molecule has 3 rings (SSSR count). The quantitative estimate of drug-likeness (QED) is 0.724. The molecule has 0 amide bonds. The monoisotopic (exact) mass is 285 g/mol. The number of nitrogens with zero attached hydrogens (tertiary/aromatic N) is 5. The summed E-state index contributed by atoms with van der Waals surface area (Å²) in [6.45, 7) is 3.23. The summed E-state index contributed by atoms with van der Waals surface area (Å²) in [6, 6.07) is 6.04. The molecule has 0 aliphatic heterocycles. The first-order valence-corrected chi connectivity index (χ1v) is 6.29. The van der Waals surface area contributed by atoms with Crippen LogP contribution in [0.15, 0.2) is 36.9 Å². The van der Waals surface area contributed by atoms with Gasteiger partial charge in [-0.1, -0.05) is 12.1 Å². The van der Waals surface area contributed by atoms with Crippen molar-refractivity contribution < 1.29 is 9.18 Å². The fourth-order valence-electron chi connectivity index (χ4n) is 2.24. The van der Waals surface area contributed by atoms with Crippen LogP contribution in [0.3, 0.4) is 0 Å². The highest BCUT2D eigenvalue weighted by atomic mass is 19.1. The Hall–Kier alpha value is -2.83. The number of carbonyl (C=O) groups excluding carboxylic acids is 1. The largest absolute Gasteiger partial charge is 0.273 e. The molecular formula is C14H12FN5O.